The van der Waals surface area contributed by atoms with Gasteiger partial charge in [-0.25, -0.2) is 4.79 Å². The van der Waals surface area contributed by atoms with Gasteiger partial charge >= 0.3 is 6.03 Å². The lowest BCUT2D eigenvalue weighted by molar-refractivity contribution is -0.126. The third kappa shape index (κ3) is 5.47. The maximum Gasteiger partial charge on any atom is 0.317 e. The molecule has 0 spiro atoms. The van der Waals surface area contributed by atoms with Gasteiger partial charge in [0.15, 0.2) is 0 Å². The minimum Gasteiger partial charge on any atom is -0.497 e. The van der Waals surface area contributed by atoms with E-state index in [0.717, 1.165) is 29.0 Å². The molecule has 6 nitrogen and oxygen atoms in total. The van der Waals surface area contributed by atoms with E-state index in [2.05, 4.69) is 10.6 Å². The molecule has 0 radical (unpaired) electrons. The number of carbonyl (C=O) groups is 2. The summed E-state index contributed by atoms with van der Waals surface area (Å²) in [6.45, 7) is 2.13. The monoisotopic (exact) mass is 387 g/mol. The van der Waals surface area contributed by atoms with E-state index in [1.165, 1.54) is 0 Å². The van der Waals surface area contributed by atoms with Gasteiger partial charge in [0.05, 0.1) is 19.6 Å². The molecule has 1 aliphatic heterocycles. The first-order valence-electron chi connectivity index (χ1n) is 9.11. The van der Waals surface area contributed by atoms with Gasteiger partial charge in [-0.2, -0.15) is 0 Å². The predicted octanol–water partition coefficient (Wildman–Crippen LogP) is 2.99. The highest BCUT2D eigenvalue weighted by atomic mass is 32.1. The van der Waals surface area contributed by atoms with Crippen LogP contribution in [0.5, 0.6) is 5.75 Å². The predicted molar refractivity (Wildman–Crippen MR) is 106 cm³/mol. The van der Waals surface area contributed by atoms with Crippen LogP contribution in [0.3, 0.4) is 0 Å². The zero-order valence-electron chi connectivity index (χ0n) is 15.4. The fourth-order valence-electron chi connectivity index (χ4n) is 3.18. The molecule has 1 aromatic heterocycles. The maximum absolute atomic E-state index is 12.5. The quantitative estimate of drug-likeness (QED) is 0.800. The molecule has 0 saturated carbocycles. The van der Waals surface area contributed by atoms with Crippen molar-refractivity contribution in [3.63, 3.8) is 0 Å². The zero-order valence-corrected chi connectivity index (χ0v) is 16.3. The van der Waals surface area contributed by atoms with Crippen LogP contribution in [0.2, 0.25) is 0 Å². The number of amides is 3. The number of nitrogens with zero attached hydrogens (tertiary/aromatic N) is 1. The van der Waals surface area contributed by atoms with Gasteiger partial charge < -0.3 is 20.3 Å². The molecule has 27 heavy (non-hydrogen) atoms. The molecule has 1 saturated heterocycles. The van der Waals surface area contributed by atoms with Crippen LogP contribution < -0.4 is 15.4 Å². The Balaban J connectivity index is 1.47. The first-order chi connectivity index (χ1) is 13.2. The number of benzene rings is 1. The van der Waals surface area contributed by atoms with Crippen LogP contribution >= 0.6 is 11.3 Å². The zero-order chi connectivity index (χ0) is 19.1. The minimum atomic E-state index is -0.170. The molecule has 2 aromatic rings. The number of methoxy groups -OCH3 is 1. The summed E-state index contributed by atoms with van der Waals surface area (Å²) < 4.78 is 5.21. The molecule has 0 bridgehead atoms. The highest BCUT2D eigenvalue weighted by Gasteiger charge is 2.28. The number of nitrogens with one attached hydrogen (secondary N) is 2. The van der Waals surface area contributed by atoms with Crippen molar-refractivity contribution in [3.05, 3.63) is 52.2 Å². The van der Waals surface area contributed by atoms with Crippen molar-refractivity contribution in [2.45, 2.75) is 25.9 Å². The molecule has 1 unspecified atom stereocenters. The van der Waals surface area contributed by atoms with E-state index >= 15 is 0 Å². The Morgan fingerprint density at radius 1 is 1.22 bits per heavy atom. The van der Waals surface area contributed by atoms with Gasteiger partial charge in [-0.15, -0.1) is 11.3 Å². The van der Waals surface area contributed by atoms with E-state index in [1.807, 2.05) is 41.8 Å². The van der Waals surface area contributed by atoms with E-state index in [-0.39, 0.29) is 17.9 Å². The summed E-state index contributed by atoms with van der Waals surface area (Å²) in [5, 5.41) is 7.91. The summed E-state index contributed by atoms with van der Waals surface area (Å²) in [7, 11) is 1.62. The molecule has 3 amide bonds. The molecule has 2 N–H and O–H groups in total. The number of hydrogen-bond donors (Lipinski definition) is 2. The van der Waals surface area contributed by atoms with Crippen LogP contribution in [0.4, 0.5) is 4.79 Å². The summed E-state index contributed by atoms with van der Waals surface area (Å²) >= 11 is 1.62. The SMILES string of the molecule is COc1cccc(CNC(=O)C2CCCN(C(=O)NCc3cccs3)C2)c1. The van der Waals surface area contributed by atoms with Crippen LogP contribution in [0.15, 0.2) is 41.8 Å². The number of likely N-dealkylation sites (tertiary alicyclic amines) is 1. The van der Waals surface area contributed by atoms with Crippen LogP contribution in [0, 0.1) is 5.92 Å². The molecule has 7 heteroatoms. The van der Waals surface area contributed by atoms with Crippen LogP contribution in [0.25, 0.3) is 0 Å². The van der Waals surface area contributed by atoms with E-state index in [0.29, 0.717) is 26.2 Å². The van der Waals surface area contributed by atoms with Gasteiger partial charge in [0, 0.05) is 24.5 Å². The molecule has 0 aliphatic carbocycles. The molecular formula is C20H25N3O3S. The molecule has 144 valence electrons. The largest absolute Gasteiger partial charge is 0.497 e. The first kappa shape index (κ1) is 19.2. The van der Waals surface area contributed by atoms with E-state index in [1.54, 1.807) is 23.3 Å². The Hall–Kier alpha value is -2.54. The Bertz CT molecular complexity index is 764. The Labute approximate surface area is 163 Å². The Kier molecular flexibility index (Phi) is 6.70. The van der Waals surface area contributed by atoms with Crippen molar-refractivity contribution < 1.29 is 14.3 Å². The number of thiophene rings is 1. The van der Waals surface area contributed by atoms with E-state index < -0.39 is 0 Å². The fraction of sp³-hybridized carbons (Fsp3) is 0.400. The standard InChI is InChI=1S/C20H25N3O3S/c1-26-17-7-2-5-15(11-17)12-21-19(24)16-6-3-9-23(14-16)20(25)22-13-18-8-4-10-27-18/h2,4-5,7-8,10-11,16H,3,6,9,12-14H2,1H3,(H,21,24)(H,22,25). The van der Waals surface area contributed by atoms with Crippen molar-refractivity contribution in [1.29, 1.82) is 0 Å². The van der Waals surface area contributed by atoms with Gasteiger partial charge in [-0.3, -0.25) is 4.79 Å². The summed E-state index contributed by atoms with van der Waals surface area (Å²) in [5.74, 6) is 0.596. The third-order valence-electron chi connectivity index (χ3n) is 4.67. The van der Waals surface area contributed by atoms with Crippen molar-refractivity contribution in [2.75, 3.05) is 20.2 Å². The van der Waals surface area contributed by atoms with Crippen molar-refractivity contribution >= 4 is 23.3 Å². The van der Waals surface area contributed by atoms with Crippen molar-refractivity contribution in [1.82, 2.24) is 15.5 Å². The van der Waals surface area contributed by atoms with Crippen LogP contribution in [0.1, 0.15) is 23.3 Å². The van der Waals surface area contributed by atoms with Crippen LogP contribution in [-0.4, -0.2) is 37.0 Å². The fourth-order valence-corrected chi connectivity index (χ4v) is 3.82. The first-order valence-corrected chi connectivity index (χ1v) is 9.99. The summed E-state index contributed by atoms with van der Waals surface area (Å²) in [6.07, 6.45) is 1.64. The number of hydrogen-bond acceptors (Lipinski definition) is 4. The summed E-state index contributed by atoms with van der Waals surface area (Å²) in [6, 6.07) is 11.5. The molecule has 1 aliphatic rings. The number of piperidine rings is 1. The lowest BCUT2D eigenvalue weighted by Gasteiger charge is -2.32. The van der Waals surface area contributed by atoms with E-state index in [4.69, 9.17) is 4.74 Å². The lowest BCUT2D eigenvalue weighted by Crippen LogP contribution is -2.48. The average Bonchev–Trinajstić information content (AvgIpc) is 3.24. The molecule has 2 heterocycles. The second-order valence-corrected chi connectivity index (χ2v) is 7.62. The topological polar surface area (TPSA) is 70.7 Å². The number of ether oxygens (including phenoxy) is 1. The highest BCUT2D eigenvalue weighted by molar-refractivity contribution is 7.09. The van der Waals surface area contributed by atoms with Gasteiger partial charge in [0.1, 0.15) is 5.75 Å². The second-order valence-electron chi connectivity index (χ2n) is 6.59. The smallest absolute Gasteiger partial charge is 0.317 e. The lowest BCUT2D eigenvalue weighted by atomic mass is 9.97. The van der Waals surface area contributed by atoms with Crippen molar-refractivity contribution in [3.8, 4) is 5.75 Å². The molecule has 1 atom stereocenters. The molecule has 1 fully saturated rings. The number of urea groups is 1. The van der Waals surface area contributed by atoms with Crippen molar-refractivity contribution in [2.24, 2.45) is 5.92 Å². The molecular weight excluding hydrogens is 362 g/mol. The highest BCUT2D eigenvalue weighted by Crippen LogP contribution is 2.18. The van der Waals surface area contributed by atoms with Gasteiger partial charge in [-0.1, -0.05) is 18.2 Å². The van der Waals surface area contributed by atoms with Gasteiger partial charge in [0.25, 0.3) is 0 Å². The molecule has 1 aromatic carbocycles. The van der Waals surface area contributed by atoms with Crippen LogP contribution in [-0.2, 0) is 17.9 Å². The Morgan fingerprint density at radius 3 is 2.89 bits per heavy atom. The molecule has 3 rings (SSSR count). The maximum atomic E-state index is 12.5. The third-order valence-corrected chi connectivity index (χ3v) is 5.55. The minimum absolute atomic E-state index is 0.00595. The number of carbonyl (C=O) groups excluding carboxylic acids is 2. The second kappa shape index (κ2) is 9.41. The average molecular weight is 388 g/mol. The summed E-state index contributed by atoms with van der Waals surface area (Å²) in [4.78, 5) is 27.8. The normalized spacial score (nSPS) is 16.6. The van der Waals surface area contributed by atoms with E-state index in [9.17, 15) is 9.59 Å². The van der Waals surface area contributed by atoms with Gasteiger partial charge in [-0.05, 0) is 42.0 Å². The number of rotatable bonds is 6. The Morgan fingerprint density at radius 2 is 2.11 bits per heavy atom. The van der Waals surface area contributed by atoms with Gasteiger partial charge in [0.2, 0.25) is 5.91 Å². The summed E-state index contributed by atoms with van der Waals surface area (Å²) in [5.41, 5.74) is 0.990.